The molecule has 6 heteroatoms. The Morgan fingerprint density at radius 3 is 2.91 bits per heavy atom. The van der Waals surface area contributed by atoms with E-state index in [1.807, 2.05) is 19.1 Å². The van der Waals surface area contributed by atoms with Crippen LogP contribution in [0.15, 0.2) is 22.6 Å². The molecule has 0 bridgehead atoms. The zero-order valence-corrected chi connectivity index (χ0v) is 13.3. The van der Waals surface area contributed by atoms with Gasteiger partial charge in [0.25, 0.3) is 5.91 Å². The second-order valence-corrected chi connectivity index (χ2v) is 5.97. The summed E-state index contributed by atoms with van der Waals surface area (Å²) in [6, 6.07) is 5.46. The van der Waals surface area contributed by atoms with Crippen LogP contribution in [0.1, 0.15) is 22.5 Å². The number of rotatable bonds is 3. The van der Waals surface area contributed by atoms with Crippen LogP contribution in [0.4, 0.5) is 0 Å². The van der Waals surface area contributed by atoms with Gasteiger partial charge in [-0.2, -0.15) is 0 Å². The van der Waals surface area contributed by atoms with Gasteiger partial charge in [0.1, 0.15) is 11.3 Å². The van der Waals surface area contributed by atoms with Gasteiger partial charge in [-0.1, -0.05) is 0 Å². The molecule has 1 fully saturated rings. The Morgan fingerprint density at radius 2 is 2.26 bits per heavy atom. The maximum Gasteiger partial charge on any atom is 0.289 e. The number of carbonyl (C=O) groups excluding carboxylic acids is 1. The van der Waals surface area contributed by atoms with Crippen molar-refractivity contribution in [2.45, 2.75) is 19.4 Å². The lowest BCUT2D eigenvalue weighted by Gasteiger charge is -2.34. The van der Waals surface area contributed by atoms with Gasteiger partial charge in [-0.15, -0.1) is 0 Å². The van der Waals surface area contributed by atoms with E-state index in [2.05, 4.69) is 0 Å². The maximum absolute atomic E-state index is 12.7. The second kappa shape index (κ2) is 6.22. The van der Waals surface area contributed by atoms with Crippen molar-refractivity contribution in [3.63, 3.8) is 0 Å². The monoisotopic (exact) mass is 319 g/mol. The van der Waals surface area contributed by atoms with Crippen LogP contribution in [0.3, 0.4) is 0 Å². The van der Waals surface area contributed by atoms with Crippen molar-refractivity contribution in [1.82, 2.24) is 4.90 Å². The molecule has 0 radical (unpaired) electrons. The van der Waals surface area contributed by atoms with E-state index in [0.29, 0.717) is 30.1 Å². The van der Waals surface area contributed by atoms with Gasteiger partial charge in [-0.3, -0.25) is 4.79 Å². The summed E-state index contributed by atoms with van der Waals surface area (Å²) in [5.74, 6) is 0.570. The lowest BCUT2D eigenvalue weighted by Crippen LogP contribution is -2.47. The lowest BCUT2D eigenvalue weighted by molar-refractivity contribution is -0.000190. The number of likely N-dealkylation sites (tertiary alicyclic amines) is 1. The van der Waals surface area contributed by atoms with Crippen LogP contribution in [0.2, 0.25) is 0 Å². The van der Waals surface area contributed by atoms with Gasteiger partial charge in [-0.05, 0) is 25.5 Å². The Kier molecular flexibility index (Phi) is 4.28. The van der Waals surface area contributed by atoms with E-state index >= 15 is 0 Å². The minimum absolute atomic E-state index is 0.0628. The first-order chi connectivity index (χ1) is 11.0. The van der Waals surface area contributed by atoms with Crippen molar-refractivity contribution >= 4 is 16.9 Å². The summed E-state index contributed by atoms with van der Waals surface area (Å²) >= 11 is 0. The average molecular weight is 319 g/mol. The number of furan rings is 1. The van der Waals surface area contributed by atoms with Crippen LogP contribution >= 0.6 is 0 Å². The van der Waals surface area contributed by atoms with Gasteiger partial charge in [0.05, 0.1) is 13.2 Å². The number of β-amino-alcohol motifs (C(OH)–C–C–N with tert-alkyl or cyclic N) is 1. The van der Waals surface area contributed by atoms with Crippen molar-refractivity contribution in [1.29, 1.82) is 0 Å². The first-order valence-electron chi connectivity index (χ1n) is 7.70. The Labute approximate surface area is 134 Å². The summed E-state index contributed by atoms with van der Waals surface area (Å²) in [4.78, 5) is 14.3. The summed E-state index contributed by atoms with van der Waals surface area (Å²) in [5, 5.41) is 20.1. The van der Waals surface area contributed by atoms with E-state index in [0.717, 1.165) is 10.9 Å². The normalized spacial score (nSPS) is 21.7. The SMILES string of the molecule is COc1ccc2c(C)c(C(=O)N3CC[C@H](CO)[C@@H](O)C3)oc2c1. The van der Waals surface area contributed by atoms with Crippen LogP contribution in [-0.2, 0) is 0 Å². The smallest absolute Gasteiger partial charge is 0.289 e. The quantitative estimate of drug-likeness (QED) is 0.897. The van der Waals surface area contributed by atoms with E-state index in [9.17, 15) is 15.0 Å². The van der Waals surface area contributed by atoms with E-state index < -0.39 is 6.10 Å². The highest BCUT2D eigenvalue weighted by Crippen LogP contribution is 2.30. The molecule has 1 aromatic heterocycles. The molecule has 2 N–H and O–H groups in total. The maximum atomic E-state index is 12.7. The highest BCUT2D eigenvalue weighted by molar-refractivity contribution is 5.99. The van der Waals surface area contributed by atoms with Gasteiger partial charge in [0.2, 0.25) is 0 Å². The highest BCUT2D eigenvalue weighted by atomic mass is 16.5. The second-order valence-electron chi connectivity index (χ2n) is 5.97. The average Bonchev–Trinajstić information content (AvgIpc) is 2.90. The fraction of sp³-hybridized carbons (Fsp3) is 0.471. The molecule has 1 amide bonds. The predicted octanol–water partition coefficient (Wildman–Crippen LogP) is 1.57. The zero-order chi connectivity index (χ0) is 16.6. The summed E-state index contributed by atoms with van der Waals surface area (Å²) in [7, 11) is 1.58. The number of methoxy groups -OCH3 is 1. The van der Waals surface area contributed by atoms with Gasteiger partial charge in [0, 0.05) is 42.6 Å². The van der Waals surface area contributed by atoms with Crippen molar-refractivity contribution in [3.8, 4) is 5.75 Å². The van der Waals surface area contributed by atoms with E-state index in [-0.39, 0.29) is 25.0 Å². The third-order valence-corrected chi connectivity index (χ3v) is 4.58. The molecule has 2 aromatic rings. The van der Waals surface area contributed by atoms with Crippen LogP contribution in [-0.4, -0.2) is 53.9 Å². The topological polar surface area (TPSA) is 83.1 Å². The number of aliphatic hydroxyl groups is 2. The molecule has 0 unspecified atom stereocenters. The molecule has 1 aromatic carbocycles. The molecule has 0 saturated carbocycles. The third-order valence-electron chi connectivity index (χ3n) is 4.58. The Bertz CT molecular complexity index is 723. The molecular weight excluding hydrogens is 298 g/mol. The standard InChI is InChI=1S/C17H21NO5/c1-10-13-4-3-12(22-2)7-15(13)23-16(10)17(21)18-6-5-11(9-19)14(20)8-18/h3-4,7,11,14,19-20H,5-6,8-9H2,1-2H3/t11-,14+/m1/s1. The number of nitrogens with zero attached hydrogens (tertiary/aromatic N) is 1. The first kappa shape index (κ1) is 15.8. The number of aryl methyl sites for hydroxylation is 1. The number of piperidine rings is 1. The van der Waals surface area contributed by atoms with Crippen LogP contribution in [0.25, 0.3) is 11.0 Å². The number of carbonyl (C=O) groups is 1. The highest BCUT2D eigenvalue weighted by Gasteiger charge is 2.32. The molecule has 6 nitrogen and oxygen atoms in total. The molecule has 1 saturated heterocycles. The number of ether oxygens (including phenoxy) is 1. The molecule has 23 heavy (non-hydrogen) atoms. The molecule has 1 aliphatic rings. The molecule has 1 aliphatic heterocycles. The number of hydrogen-bond donors (Lipinski definition) is 2. The van der Waals surface area contributed by atoms with E-state index in [1.54, 1.807) is 18.1 Å². The zero-order valence-electron chi connectivity index (χ0n) is 13.3. The number of benzene rings is 1. The largest absolute Gasteiger partial charge is 0.497 e. The molecule has 0 aliphatic carbocycles. The van der Waals surface area contributed by atoms with Gasteiger partial charge in [0.15, 0.2) is 5.76 Å². The minimum atomic E-state index is -0.706. The number of amides is 1. The van der Waals surface area contributed by atoms with Gasteiger partial charge < -0.3 is 24.3 Å². The first-order valence-corrected chi connectivity index (χ1v) is 7.70. The van der Waals surface area contributed by atoms with Crippen LogP contribution in [0, 0.1) is 12.8 Å². The summed E-state index contributed by atoms with van der Waals surface area (Å²) in [6.07, 6.45) is -0.126. The lowest BCUT2D eigenvalue weighted by atomic mass is 9.94. The number of fused-ring (bicyclic) bond motifs is 1. The van der Waals surface area contributed by atoms with Gasteiger partial charge >= 0.3 is 0 Å². The Balaban J connectivity index is 1.88. The summed E-state index contributed by atoms with van der Waals surface area (Å²) < 4.78 is 10.9. The fourth-order valence-electron chi connectivity index (χ4n) is 3.06. The van der Waals surface area contributed by atoms with Crippen molar-refractivity contribution in [2.75, 3.05) is 26.8 Å². The van der Waals surface area contributed by atoms with Crippen molar-refractivity contribution < 1.29 is 24.2 Å². The summed E-state index contributed by atoms with van der Waals surface area (Å²) in [6.45, 7) is 2.50. The van der Waals surface area contributed by atoms with Crippen LogP contribution in [0.5, 0.6) is 5.75 Å². The van der Waals surface area contributed by atoms with Crippen molar-refractivity contribution in [2.24, 2.45) is 5.92 Å². The van der Waals surface area contributed by atoms with Crippen molar-refractivity contribution in [3.05, 3.63) is 29.5 Å². The molecule has 2 atom stereocenters. The van der Waals surface area contributed by atoms with Crippen LogP contribution < -0.4 is 4.74 Å². The van der Waals surface area contributed by atoms with E-state index in [1.165, 1.54) is 0 Å². The molecule has 0 spiro atoms. The fourth-order valence-corrected chi connectivity index (χ4v) is 3.06. The Morgan fingerprint density at radius 1 is 1.48 bits per heavy atom. The molecule has 3 rings (SSSR count). The predicted molar refractivity (Wildman–Crippen MR) is 84.6 cm³/mol. The minimum Gasteiger partial charge on any atom is -0.497 e. The number of aliphatic hydroxyl groups excluding tert-OH is 2. The molecule has 124 valence electrons. The van der Waals surface area contributed by atoms with E-state index in [4.69, 9.17) is 9.15 Å². The third kappa shape index (κ3) is 2.80. The Hall–Kier alpha value is -2.05. The van der Waals surface area contributed by atoms with Gasteiger partial charge in [-0.25, -0.2) is 0 Å². The number of hydrogen-bond acceptors (Lipinski definition) is 5. The summed E-state index contributed by atoms with van der Waals surface area (Å²) in [5.41, 5.74) is 1.39. The molecule has 2 heterocycles. The molecular formula is C17H21NO5.